The van der Waals surface area contributed by atoms with Crippen LogP contribution in [0.3, 0.4) is 0 Å². The zero-order valence-electron chi connectivity index (χ0n) is 5.79. The van der Waals surface area contributed by atoms with Gasteiger partial charge in [0.15, 0.2) is 0 Å². The molecule has 1 atom stereocenters. The van der Waals surface area contributed by atoms with Gasteiger partial charge in [-0.1, -0.05) is 0 Å². The van der Waals surface area contributed by atoms with Crippen LogP contribution < -0.4 is 5.73 Å². The van der Waals surface area contributed by atoms with Crippen molar-refractivity contribution in [1.29, 1.82) is 0 Å². The molecule has 0 bridgehead atoms. The van der Waals surface area contributed by atoms with Crippen LogP contribution in [-0.2, 0) is 0 Å². The van der Waals surface area contributed by atoms with Gasteiger partial charge in [-0.2, -0.15) is 5.10 Å². The van der Waals surface area contributed by atoms with Crippen molar-refractivity contribution in [2.45, 2.75) is 13.0 Å². The summed E-state index contributed by atoms with van der Waals surface area (Å²) >= 11 is 2.23. The third-order valence-corrected chi connectivity index (χ3v) is 1.92. The van der Waals surface area contributed by atoms with Crippen LogP contribution in [-0.4, -0.2) is 16.3 Å². The van der Waals surface area contributed by atoms with E-state index in [2.05, 4.69) is 27.7 Å². The Kier molecular flexibility index (Phi) is 2.67. The van der Waals surface area contributed by atoms with E-state index < -0.39 is 0 Å². The SMILES string of the molecule is C[C@@H](CN)n1cc(I)cn1. The van der Waals surface area contributed by atoms with Gasteiger partial charge in [0.2, 0.25) is 0 Å². The van der Waals surface area contributed by atoms with E-state index in [0.717, 1.165) is 3.57 Å². The average Bonchev–Trinajstić information content (AvgIpc) is 2.34. The lowest BCUT2D eigenvalue weighted by atomic mass is 10.3. The van der Waals surface area contributed by atoms with Crippen molar-refractivity contribution in [1.82, 2.24) is 9.78 Å². The molecule has 56 valence electrons. The molecule has 3 nitrogen and oxygen atoms in total. The topological polar surface area (TPSA) is 43.8 Å². The van der Waals surface area contributed by atoms with Crippen LogP contribution in [0.2, 0.25) is 0 Å². The fourth-order valence-corrected chi connectivity index (χ4v) is 1.07. The van der Waals surface area contributed by atoms with Crippen molar-refractivity contribution < 1.29 is 0 Å². The van der Waals surface area contributed by atoms with Crippen LogP contribution in [0.5, 0.6) is 0 Å². The number of nitrogens with two attached hydrogens (primary N) is 1. The lowest BCUT2D eigenvalue weighted by Gasteiger charge is -2.06. The van der Waals surface area contributed by atoms with E-state index in [1.807, 2.05) is 24.0 Å². The molecule has 0 spiro atoms. The number of aromatic nitrogens is 2. The Balaban J connectivity index is 2.74. The van der Waals surface area contributed by atoms with Gasteiger partial charge in [0, 0.05) is 12.7 Å². The maximum atomic E-state index is 5.45. The monoisotopic (exact) mass is 251 g/mol. The van der Waals surface area contributed by atoms with Crippen molar-refractivity contribution in [3.05, 3.63) is 16.0 Å². The molecule has 0 aliphatic carbocycles. The minimum atomic E-state index is 0.309. The van der Waals surface area contributed by atoms with Gasteiger partial charge in [0.25, 0.3) is 0 Å². The molecular weight excluding hydrogens is 241 g/mol. The lowest BCUT2D eigenvalue weighted by molar-refractivity contribution is 0.500. The predicted molar refractivity (Wildman–Crippen MR) is 48.7 cm³/mol. The fourth-order valence-electron chi connectivity index (χ4n) is 0.664. The molecule has 1 aromatic heterocycles. The number of nitrogens with zero attached hydrogens (tertiary/aromatic N) is 2. The van der Waals surface area contributed by atoms with Crippen LogP contribution in [0.25, 0.3) is 0 Å². The smallest absolute Gasteiger partial charge is 0.0623 e. The Hall–Kier alpha value is -0.100. The van der Waals surface area contributed by atoms with Gasteiger partial charge in [-0.05, 0) is 29.5 Å². The highest BCUT2D eigenvalue weighted by Gasteiger charge is 2.01. The van der Waals surface area contributed by atoms with Crippen molar-refractivity contribution in [3.63, 3.8) is 0 Å². The highest BCUT2D eigenvalue weighted by molar-refractivity contribution is 14.1. The summed E-state index contributed by atoms with van der Waals surface area (Å²) in [6.07, 6.45) is 3.81. The quantitative estimate of drug-likeness (QED) is 0.797. The highest BCUT2D eigenvalue weighted by atomic mass is 127. The Labute approximate surface area is 73.7 Å². The van der Waals surface area contributed by atoms with E-state index in [9.17, 15) is 0 Å². The zero-order chi connectivity index (χ0) is 7.56. The molecule has 0 aliphatic heterocycles. The maximum absolute atomic E-state index is 5.45. The van der Waals surface area contributed by atoms with Gasteiger partial charge in [0.05, 0.1) is 15.8 Å². The van der Waals surface area contributed by atoms with Gasteiger partial charge in [-0.25, -0.2) is 0 Å². The van der Waals surface area contributed by atoms with E-state index >= 15 is 0 Å². The molecule has 0 aliphatic rings. The van der Waals surface area contributed by atoms with E-state index in [1.54, 1.807) is 0 Å². The van der Waals surface area contributed by atoms with E-state index in [1.165, 1.54) is 0 Å². The third-order valence-electron chi connectivity index (χ3n) is 1.36. The summed E-state index contributed by atoms with van der Waals surface area (Å²) in [6, 6.07) is 0.309. The van der Waals surface area contributed by atoms with Crippen LogP contribution in [0.4, 0.5) is 0 Å². The number of rotatable bonds is 2. The first-order chi connectivity index (χ1) is 4.74. The molecule has 0 unspecified atom stereocenters. The Morgan fingerprint density at radius 2 is 2.60 bits per heavy atom. The van der Waals surface area contributed by atoms with E-state index in [0.29, 0.717) is 12.6 Å². The maximum Gasteiger partial charge on any atom is 0.0623 e. The van der Waals surface area contributed by atoms with Gasteiger partial charge in [-0.3, -0.25) is 4.68 Å². The molecule has 1 rings (SSSR count). The summed E-state index contributed by atoms with van der Waals surface area (Å²) in [7, 11) is 0. The molecule has 0 fully saturated rings. The normalized spacial score (nSPS) is 13.5. The Bertz CT molecular complexity index is 209. The van der Waals surface area contributed by atoms with Crippen LogP contribution in [0.1, 0.15) is 13.0 Å². The van der Waals surface area contributed by atoms with Crippen LogP contribution >= 0.6 is 22.6 Å². The van der Waals surface area contributed by atoms with Crippen molar-refractivity contribution in [2.75, 3.05) is 6.54 Å². The summed E-state index contributed by atoms with van der Waals surface area (Å²) in [5, 5.41) is 4.12. The lowest BCUT2D eigenvalue weighted by Crippen LogP contribution is -2.16. The number of hydrogen-bond acceptors (Lipinski definition) is 2. The summed E-state index contributed by atoms with van der Waals surface area (Å²) < 4.78 is 3.03. The van der Waals surface area contributed by atoms with Gasteiger partial charge < -0.3 is 5.73 Å². The zero-order valence-corrected chi connectivity index (χ0v) is 7.95. The first-order valence-electron chi connectivity index (χ1n) is 3.13. The minimum Gasteiger partial charge on any atom is -0.328 e. The molecule has 0 amide bonds. The van der Waals surface area contributed by atoms with Gasteiger partial charge in [-0.15, -0.1) is 0 Å². The summed E-state index contributed by atoms with van der Waals surface area (Å²) in [6.45, 7) is 2.68. The molecule has 1 heterocycles. The van der Waals surface area contributed by atoms with E-state index in [-0.39, 0.29) is 0 Å². The largest absolute Gasteiger partial charge is 0.328 e. The third kappa shape index (κ3) is 1.69. The second-order valence-corrected chi connectivity index (χ2v) is 3.47. The molecular formula is C6H10IN3. The second-order valence-electron chi connectivity index (χ2n) is 2.22. The van der Waals surface area contributed by atoms with Crippen molar-refractivity contribution in [2.24, 2.45) is 5.73 Å². The number of hydrogen-bond donors (Lipinski definition) is 1. The number of halogens is 1. The summed E-state index contributed by atoms with van der Waals surface area (Å²) in [5.41, 5.74) is 5.45. The van der Waals surface area contributed by atoms with E-state index in [4.69, 9.17) is 5.73 Å². The Morgan fingerprint density at radius 1 is 1.90 bits per heavy atom. The van der Waals surface area contributed by atoms with Crippen molar-refractivity contribution >= 4 is 22.6 Å². The van der Waals surface area contributed by atoms with Gasteiger partial charge >= 0.3 is 0 Å². The molecule has 2 N–H and O–H groups in total. The molecule has 0 saturated heterocycles. The summed E-state index contributed by atoms with van der Waals surface area (Å²) in [4.78, 5) is 0. The molecule has 10 heavy (non-hydrogen) atoms. The van der Waals surface area contributed by atoms with Crippen LogP contribution in [0.15, 0.2) is 12.4 Å². The molecule has 0 aromatic carbocycles. The second kappa shape index (κ2) is 3.34. The van der Waals surface area contributed by atoms with Crippen LogP contribution in [0, 0.1) is 3.57 Å². The fraction of sp³-hybridized carbons (Fsp3) is 0.500. The summed E-state index contributed by atoms with van der Waals surface area (Å²) in [5.74, 6) is 0. The minimum absolute atomic E-state index is 0.309. The standard InChI is InChI=1S/C6H10IN3/c1-5(2-8)10-4-6(7)3-9-10/h3-5H,2,8H2,1H3/t5-/m0/s1. The predicted octanol–water partition coefficient (Wildman–Crippen LogP) is 1.01. The molecule has 0 saturated carbocycles. The first kappa shape index (κ1) is 8.00. The Morgan fingerprint density at radius 3 is 3.00 bits per heavy atom. The molecule has 1 aromatic rings. The van der Waals surface area contributed by atoms with Crippen molar-refractivity contribution in [3.8, 4) is 0 Å². The molecule has 0 radical (unpaired) electrons. The van der Waals surface area contributed by atoms with Gasteiger partial charge in [0.1, 0.15) is 0 Å². The highest BCUT2D eigenvalue weighted by Crippen LogP contribution is 2.06. The average molecular weight is 251 g/mol. The molecule has 4 heteroatoms. The first-order valence-corrected chi connectivity index (χ1v) is 4.21.